The number of rotatable bonds is 9. The molecule has 0 atom stereocenters. The van der Waals surface area contributed by atoms with Crippen LogP contribution in [0.5, 0.6) is 17.2 Å². The highest BCUT2D eigenvalue weighted by Gasteiger charge is 2.07. The largest absolute Gasteiger partial charge is 0.497 e. The average Bonchev–Trinajstić information content (AvgIpc) is 2.75. The van der Waals surface area contributed by atoms with E-state index in [2.05, 4.69) is 25.8 Å². The predicted octanol–water partition coefficient (Wildman–Crippen LogP) is 3.30. The molecule has 1 aromatic heterocycles. The molecular weight excluding hydrogens is 358 g/mol. The fraction of sp³-hybridized carbons (Fsp3) is 0.250. The Labute approximate surface area is 163 Å². The fourth-order valence-electron chi connectivity index (χ4n) is 2.59. The van der Waals surface area contributed by atoms with Gasteiger partial charge in [0.25, 0.3) is 0 Å². The van der Waals surface area contributed by atoms with Crippen LogP contribution in [0.2, 0.25) is 0 Å². The van der Waals surface area contributed by atoms with Crippen molar-refractivity contribution in [2.24, 2.45) is 0 Å². The minimum atomic E-state index is 0.450. The van der Waals surface area contributed by atoms with Gasteiger partial charge in [-0.1, -0.05) is 12.1 Å². The van der Waals surface area contributed by atoms with Crippen molar-refractivity contribution >= 4 is 17.5 Å². The quantitative estimate of drug-likeness (QED) is 0.583. The van der Waals surface area contributed by atoms with Crippen LogP contribution in [0, 0.1) is 0 Å². The number of hydrogen-bond donors (Lipinski definition) is 2. The summed E-state index contributed by atoms with van der Waals surface area (Å²) in [5.74, 6) is 3.21. The maximum absolute atomic E-state index is 5.39. The van der Waals surface area contributed by atoms with Gasteiger partial charge in [0.1, 0.15) is 17.2 Å². The van der Waals surface area contributed by atoms with Crippen molar-refractivity contribution in [2.75, 3.05) is 38.5 Å². The topological polar surface area (TPSA) is 90.4 Å². The molecule has 0 spiro atoms. The second kappa shape index (κ2) is 9.40. The van der Waals surface area contributed by atoms with Crippen molar-refractivity contribution in [1.29, 1.82) is 0 Å². The van der Waals surface area contributed by atoms with Crippen LogP contribution < -0.4 is 24.8 Å². The highest BCUT2D eigenvalue weighted by molar-refractivity contribution is 5.65. The first kappa shape index (κ1) is 19.2. The first-order valence-corrected chi connectivity index (χ1v) is 8.77. The lowest BCUT2D eigenvalue weighted by atomic mass is 10.1. The lowest BCUT2D eigenvalue weighted by molar-refractivity contribution is 0.395. The standard InChI is InChI=1S/C20H23N5O3/c1-26-15-6-4-14(5-7-15)10-11-21-20-24-19(13-22-25-20)23-17-9-8-16(27-2)12-18(17)28-3/h4-9,12-13H,10-11H2,1-3H3,(H2,21,23,24,25). The van der Waals surface area contributed by atoms with Gasteiger partial charge in [-0.25, -0.2) is 0 Å². The third-order valence-electron chi connectivity index (χ3n) is 4.09. The van der Waals surface area contributed by atoms with Gasteiger partial charge in [0.15, 0.2) is 5.82 Å². The molecule has 2 N–H and O–H groups in total. The maximum atomic E-state index is 5.39. The Morgan fingerprint density at radius 1 is 0.893 bits per heavy atom. The summed E-state index contributed by atoms with van der Waals surface area (Å²) in [6, 6.07) is 13.5. The van der Waals surface area contributed by atoms with Crippen molar-refractivity contribution in [2.45, 2.75) is 6.42 Å². The summed E-state index contributed by atoms with van der Waals surface area (Å²) in [7, 11) is 4.87. The minimum absolute atomic E-state index is 0.450. The van der Waals surface area contributed by atoms with E-state index >= 15 is 0 Å². The zero-order valence-corrected chi connectivity index (χ0v) is 16.1. The van der Waals surface area contributed by atoms with E-state index in [9.17, 15) is 0 Å². The summed E-state index contributed by atoms with van der Waals surface area (Å²) in [6.07, 6.45) is 2.38. The molecule has 0 radical (unpaired) electrons. The van der Waals surface area contributed by atoms with Gasteiger partial charge in [-0.05, 0) is 36.2 Å². The molecule has 0 saturated carbocycles. The van der Waals surface area contributed by atoms with Crippen LogP contribution in [0.3, 0.4) is 0 Å². The van der Waals surface area contributed by atoms with Crippen molar-refractivity contribution in [1.82, 2.24) is 15.2 Å². The van der Waals surface area contributed by atoms with Crippen molar-refractivity contribution < 1.29 is 14.2 Å². The van der Waals surface area contributed by atoms with Gasteiger partial charge >= 0.3 is 0 Å². The minimum Gasteiger partial charge on any atom is -0.497 e. The van der Waals surface area contributed by atoms with E-state index < -0.39 is 0 Å². The molecule has 0 bridgehead atoms. The zero-order chi connectivity index (χ0) is 19.8. The van der Waals surface area contributed by atoms with Gasteiger partial charge in [-0.2, -0.15) is 10.1 Å². The van der Waals surface area contributed by atoms with E-state index in [0.717, 1.165) is 17.9 Å². The maximum Gasteiger partial charge on any atom is 0.244 e. The number of benzene rings is 2. The van der Waals surface area contributed by atoms with Crippen LogP contribution in [0.15, 0.2) is 48.7 Å². The third kappa shape index (κ3) is 5.00. The zero-order valence-electron chi connectivity index (χ0n) is 16.1. The van der Waals surface area contributed by atoms with Crippen LogP contribution in [0.4, 0.5) is 17.5 Å². The summed E-state index contributed by atoms with van der Waals surface area (Å²) >= 11 is 0. The molecule has 3 rings (SSSR count). The molecule has 3 aromatic rings. The SMILES string of the molecule is COc1ccc(CCNc2nncc(Nc3ccc(OC)cc3OC)n2)cc1. The number of nitrogens with one attached hydrogen (secondary N) is 2. The van der Waals surface area contributed by atoms with E-state index in [1.54, 1.807) is 33.6 Å². The number of nitrogens with zero attached hydrogens (tertiary/aromatic N) is 3. The third-order valence-corrected chi connectivity index (χ3v) is 4.09. The van der Waals surface area contributed by atoms with E-state index in [1.807, 2.05) is 36.4 Å². The Hall–Kier alpha value is -3.55. The van der Waals surface area contributed by atoms with E-state index in [1.165, 1.54) is 5.56 Å². The summed E-state index contributed by atoms with van der Waals surface area (Å²) in [5, 5.41) is 14.4. The van der Waals surface area contributed by atoms with Gasteiger partial charge in [-0.15, -0.1) is 5.10 Å². The molecule has 28 heavy (non-hydrogen) atoms. The number of methoxy groups -OCH3 is 3. The molecule has 146 valence electrons. The van der Waals surface area contributed by atoms with Crippen molar-refractivity contribution in [3.8, 4) is 17.2 Å². The smallest absolute Gasteiger partial charge is 0.244 e. The van der Waals surface area contributed by atoms with Gasteiger partial charge < -0.3 is 24.8 Å². The summed E-state index contributed by atoms with van der Waals surface area (Å²) in [6.45, 7) is 0.684. The van der Waals surface area contributed by atoms with E-state index in [0.29, 0.717) is 29.8 Å². The van der Waals surface area contributed by atoms with Crippen molar-refractivity contribution in [3.63, 3.8) is 0 Å². The highest BCUT2D eigenvalue weighted by Crippen LogP contribution is 2.30. The van der Waals surface area contributed by atoms with E-state index in [-0.39, 0.29) is 0 Å². The van der Waals surface area contributed by atoms with E-state index in [4.69, 9.17) is 14.2 Å². The Morgan fingerprint density at radius 3 is 2.36 bits per heavy atom. The highest BCUT2D eigenvalue weighted by atomic mass is 16.5. The molecule has 0 aliphatic carbocycles. The number of aromatic nitrogens is 3. The van der Waals surface area contributed by atoms with Gasteiger partial charge in [0.2, 0.25) is 5.95 Å². The first-order chi connectivity index (χ1) is 13.7. The molecule has 0 amide bonds. The van der Waals surface area contributed by atoms with Crippen molar-refractivity contribution in [3.05, 3.63) is 54.2 Å². The number of hydrogen-bond acceptors (Lipinski definition) is 8. The molecule has 0 unspecified atom stereocenters. The number of anilines is 3. The van der Waals surface area contributed by atoms with Crippen LogP contribution in [-0.4, -0.2) is 43.1 Å². The lowest BCUT2D eigenvalue weighted by Crippen LogP contribution is -2.09. The average molecular weight is 381 g/mol. The lowest BCUT2D eigenvalue weighted by Gasteiger charge is -2.12. The summed E-state index contributed by atoms with van der Waals surface area (Å²) in [5.41, 5.74) is 1.95. The summed E-state index contributed by atoms with van der Waals surface area (Å²) < 4.78 is 15.8. The van der Waals surface area contributed by atoms with Gasteiger partial charge in [0.05, 0.1) is 33.2 Å². The molecule has 1 heterocycles. The molecule has 0 aliphatic rings. The van der Waals surface area contributed by atoms with Crippen LogP contribution >= 0.6 is 0 Å². The first-order valence-electron chi connectivity index (χ1n) is 8.77. The van der Waals surface area contributed by atoms with Gasteiger partial charge in [0, 0.05) is 12.6 Å². The summed E-state index contributed by atoms with van der Waals surface area (Å²) in [4.78, 5) is 4.44. The predicted molar refractivity (Wildman–Crippen MR) is 108 cm³/mol. The van der Waals surface area contributed by atoms with Crippen LogP contribution in [0.1, 0.15) is 5.56 Å². The normalized spacial score (nSPS) is 10.2. The molecule has 8 nitrogen and oxygen atoms in total. The monoisotopic (exact) mass is 381 g/mol. The molecule has 0 fully saturated rings. The fourth-order valence-corrected chi connectivity index (χ4v) is 2.59. The Balaban J connectivity index is 1.60. The molecular formula is C20H23N5O3. The Kier molecular flexibility index (Phi) is 6.46. The second-order valence-corrected chi connectivity index (χ2v) is 5.88. The number of ether oxygens (including phenoxy) is 3. The van der Waals surface area contributed by atoms with Crippen LogP contribution in [0.25, 0.3) is 0 Å². The molecule has 0 aliphatic heterocycles. The Morgan fingerprint density at radius 2 is 1.64 bits per heavy atom. The van der Waals surface area contributed by atoms with Gasteiger partial charge in [-0.3, -0.25) is 0 Å². The molecule has 8 heteroatoms. The van der Waals surface area contributed by atoms with Crippen LogP contribution in [-0.2, 0) is 6.42 Å². The molecule has 2 aromatic carbocycles. The Bertz CT molecular complexity index is 903. The molecule has 0 saturated heterocycles. The second-order valence-electron chi connectivity index (χ2n) is 5.88.